The van der Waals surface area contributed by atoms with E-state index in [0.29, 0.717) is 23.8 Å². The van der Waals surface area contributed by atoms with Crippen molar-refractivity contribution in [1.82, 2.24) is 0 Å². The molecule has 19 heavy (non-hydrogen) atoms. The van der Waals surface area contributed by atoms with Gasteiger partial charge < -0.3 is 0 Å². The van der Waals surface area contributed by atoms with Crippen LogP contribution in [-0.4, -0.2) is 5.78 Å². The molecule has 0 amide bonds. The first-order valence-electron chi connectivity index (χ1n) is 7.07. The van der Waals surface area contributed by atoms with E-state index in [0.717, 1.165) is 12.0 Å². The van der Waals surface area contributed by atoms with Crippen LogP contribution in [0, 0.1) is 29.4 Å². The highest BCUT2D eigenvalue weighted by atomic mass is 19.1. The van der Waals surface area contributed by atoms with Gasteiger partial charge in [-0.2, -0.15) is 0 Å². The predicted molar refractivity (Wildman–Crippen MR) is 68.6 cm³/mol. The van der Waals surface area contributed by atoms with Crippen LogP contribution < -0.4 is 0 Å². The van der Waals surface area contributed by atoms with Gasteiger partial charge in [-0.3, -0.25) is 4.79 Å². The van der Waals surface area contributed by atoms with Crippen LogP contribution in [0.15, 0.2) is 18.2 Å². The standard InChI is InChI=1S/C16H18F2O/c17-14-4-3-12(16(18)9-14)7-15(19)8-13-6-10-1-2-11(13)5-10/h3-4,9-11,13H,1-2,5-8H2. The van der Waals surface area contributed by atoms with Gasteiger partial charge in [-0.1, -0.05) is 12.5 Å². The molecule has 3 heteroatoms. The summed E-state index contributed by atoms with van der Waals surface area (Å²) in [6, 6.07) is 3.44. The molecule has 0 radical (unpaired) electrons. The highest BCUT2D eigenvalue weighted by molar-refractivity contribution is 5.81. The van der Waals surface area contributed by atoms with Gasteiger partial charge in [0.1, 0.15) is 17.4 Å². The Balaban J connectivity index is 1.59. The van der Waals surface area contributed by atoms with E-state index in [2.05, 4.69) is 0 Å². The summed E-state index contributed by atoms with van der Waals surface area (Å²) in [7, 11) is 0. The second kappa shape index (κ2) is 5.03. The molecule has 0 heterocycles. The molecule has 0 saturated heterocycles. The first kappa shape index (κ1) is 12.8. The Morgan fingerprint density at radius 3 is 2.68 bits per heavy atom. The van der Waals surface area contributed by atoms with Gasteiger partial charge in [0, 0.05) is 18.9 Å². The Morgan fingerprint density at radius 1 is 1.21 bits per heavy atom. The Labute approximate surface area is 112 Å². The van der Waals surface area contributed by atoms with Gasteiger partial charge in [0.25, 0.3) is 0 Å². The lowest BCUT2D eigenvalue weighted by molar-refractivity contribution is -0.119. The van der Waals surface area contributed by atoms with Gasteiger partial charge in [-0.15, -0.1) is 0 Å². The molecule has 1 nitrogen and oxygen atoms in total. The number of fused-ring (bicyclic) bond motifs is 2. The van der Waals surface area contributed by atoms with E-state index in [1.165, 1.54) is 37.8 Å². The van der Waals surface area contributed by atoms with E-state index in [-0.39, 0.29) is 12.2 Å². The van der Waals surface area contributed by atoms with Crippen molar-refractivity contribution in [2.75, 3.05) is 0 Å². The average molecular weight is 264 g/mol. The van der Waals surface area contributed by atoms with Crippen LogP contribution in [0.1, 0.15) is 37.7 Å². The van der Waals surface area contributed by atoms with E-state index in [9.17, 15) is 13.6 Å². The van der Waals surface area contributed by atoms with Gasteiger partial charge in [0.2, 0.25) is 0 Å². The summed E-state index contributed by atoms with van der Waals surface area (Å²) in [6.45, 7) is 0. The van der Waals surface area contributed by atoms with Crippen LogP contribution in [0.5, 0.6) is 0 Å². The Morgan fingerprint density at radius 2 is 2.05 bits per heavy atom. The topological polar surface area (TPSA) is 17.1 Å². The number of Topliss-reactive ketones (excluding diaryl/α,β-unsaturated/α-hetero) is 1. The molecule has 2 aliphatic carbocycles. The summed E-state index contributed by atoms with van der Waals surface area (Å²) in [4.78, 5) is 12.0. The minimum Gasteiger partial charge on any atom is -0.299 e. The van der Waals surface area contributed by atoms with E-state index in [1.807, 2.05) is 0 Å². The van der Waals surface area contributed by atoms with Crippen LogP contribution in [-0.2, 0) is 11.2 Å². The van der Waals surface area contributed by atoms with E-state index >= 15 is 0 Å². The fraction of sp³-hybridized carbons (Fsp3) is 0.562. The molecule has 3 atom stereocenters. The predicted octanol–water partition coefficient (Wildman–Crippen LogP) is 3.90. The van der Waals surface area contributed by atoms with Crippen molar-refractivity contribution in [2.24, 2.45) is 17.8 Å². The van der Waals surface area contributed by atoms with Gasteiger partial charge in [0.05, 0.1) is 0 Å². The Kier molecular flexibility index (Phi) is 3.38. The number of carbonyl (C=O) groups is 1. The largest absolute Gasteiger partial charge is 0.299 e. The molecule has 2 fully saturated rings. The highest BCUT2D eigenvalue weighted by Crippen LogP contribution is 2.49. The summed E-state index contributed by atoms with van der Waals surface area (Å²) < 4.78 is 26.3. The van der Waals surface area contributed by atoms with Crippen LogP contribution in [0.4, 0.5) is 8.78 Å². The SMILES string of the molecule is O=C(Cc1ccc(F)cc1F)CC1CC2CCC1C2. The summed E-state index contributed by atoms with van der Waals surface area (Å²) in [5, 5.41) is 0. The second-order valence-electron chi connectivity index (χ2n) is 6.09. The van der Waals surface area contributed by atoms with Crippen molar-refractivity contribution in [3.8, 4) is 0 Å². The third kappa shape index (κ3) is 2.70. The third-order valence-electron chi connectivity index (χ3n) is 4.78. The van der Waals surface area contributed by atoms with Crippen molar-refractivity contribution >= 4 is 5.78 Å². The molecule has 3 rings (SSSR count). The second-order valence-corrected chi connectivity index (χ2v) is 6.09. The zero-order chi connectivity index (χ0) is 13.4. The van der Waals surface area contributed by atoms with Crippen molar-refractivity contribution in [2.45, 2.75) is 38.5 Å². The average Bonchev–Trinajstić information content (AvgIpc) is 2.95. The fourth-order valence-corrected chi connectivity index (χ4v) is 3.87. The van der Waals surface area contributed by atoms with Crippen LogP contribution >= 0.6 is 0 Å². The molecule has 3 unspecified atom stereocenters. The number of benzene rings is 1. The molecule has 1 aromatic carbocycles. The minimum absolute atomic E-state index is 0.0862. The van der Waals surface area contributed by atoms with Crippen molar-refractivity contribution in [1.29, 1.82) is 0 Å². The van der Waals surface area contributed by atoms with Crippen LogP contribution in [0.3, 0.4) is 0 Å². The maximum atomic E-state index is 13.5. The molecule has 0 spiro atoms. The summed E-state index contributed by atoms with van der Waals surface area (Å²) in [6.07, 6.45) is 5.69. The molecule has 1 aromatic rings. The monoisotopic (exact) mass is 264 g/mol. The summed E-state index contributed by atoms with van der Waals surface area (Å²) in [5.41, 5.74) is 0.314. The fourth-order valence-electron chi connectivity index (χ4n) is 3.87. The minimum atomic E-state index is -0.610. The number of carbonyl (C=O) groups excluding carboxylic acids is 1. The Bertz CT molecular complexity index is 498. The quantitative estimate of drug-likeness (QED) is 0.806. The van der Waals surface area contributed by atoms with Gasteiger partial charge in [0.15, 0.2) is 0 Å². The molecular formula is C16H18F2O. The molecule has 2 bridgehead atoms. The van der Waals surface area contributed by atoms with E-state index < -0.39 is 11.6 Å². The normalized spacial score (nSPS) is 28.8. The Hall–Kier alpha value is -1.25. The number of halogens is 2. The zero-order valence-corrected chi connectivity index (χ0v) is 10.9. The lowest BCUT2D eigenvalue weighted by Crippen LogP contribution is -2.16. The van der Waals surface area contributed by atoms with Crippen molar-refractivity contribution in [3.63, 3.8) is 0 Å². The third-order valence-corrected chi connectivity index (χ3v) is 4.78. The zero-order valence-electron chi connectivity index (χ0n) is 10.9. The van der Waals surface area contributed by atoms with Gasteiger partial charge >= 0.3 is 0 Å². The molecular weight excluding hydrogens is 246 g/mol. The maximum absolute atomic E-state index is 13.5. The molecule has 0 N–H and O–H groups in total. The smallest absolute Gasteiger partial charge is 0.137 e. The first-order chi connectivity index (χ1) is 9.11. The number of ketones is 1. The number of hydrogen-bond donors (Lipinski definition) is 0. The molecule has 0 aromatic heterocycles. The van der Waals surface area contributed by atoms with E-state index in [1.54, 1.807) is 0 Å². The van der Waals surface area contributed by atoms with Crippen LogP contribution in [0.2, 0.25) is 0 Å². The highest BCUT2D eigenvalue weighted by Gasteiger charge is 2.39. The molecule has 0 aliphatic heterocycles. The molecule has 102 valence electrons. The number of hydrogen-bond acceptors (Lipinski definition) is 1. The van der Waals surface area contributed by atoms with Crippen LogP contribution in [0.25, 0.3) is 0 Å². The number of rotatable bonds is 4. The van der Waals surface area contributed by atoms with Gasteiger partial charge in [-0.05, 0) is 48.6 Å². The lowest BCUT2D eigenvalue weighted by atomic mass is 9.84. The van der Waals surface area contributed by atoms with Crippen molar-refractivity contribution in [3.05, 3.63) is 35.4 Å². The lowest BCUT2D eigenvalue weighted by Gasteiger charge is -2.20. The summed E-state index contributed by atoms with van der Waals surface area (Å²) >= 11 is 0. The van der Waals surface area contributed by atoms with E-state index in [4.69, 9.17) is 0 Å². The van der Waals surface area contributed by atoms with Crippen molar-refractivity contribution < 1.29 is 13.6 Å². The van der Waals surface area contributed by atoms with Gasteiger partial charge in [-0.25, -0.2) is 8.78 Å². The summed E-state index contributed by atoms with van der Waals surface area (Å²) in [5.74, 6) is 0.929. The molecule has 2 aliphatic rings. The molecule has 2 saturated carbocycles. The maximum Gasteiger partial charge on any atom is 0.137 e. The first-order valence-corrected chi connectivity index (χ1v) is 7.07.